The molecule has 0 heterocycles. The highest BCUT2D eigenvalue weighted by Crippen LogP contribution is 2.28. The Kier molecular flexibility index (Phi) is 6.41. The van der Waals surface area contributed by atoms with Crippen LogP contribution >= 0.6 is 0 Å². The molecular weight excluding hydrogens is 274 g/mol. The molecule has 0 aliphatic heterocycles. The van der Waals surface area contributed by atoms with Gasteiger partial charge >= 0.3 is 0 Å². The highest BCUT2D eigenvalue weighted by Gasteiger charge is 2.25. The van der Waals surface area contributed by atoms with E-state index in [2.05, 4.69) is 49.4 Å². The third kappa shape index (κ3) is 5.10. The van der Waals surface area contributed by atoms with E-state index >= 15 is 0 Å². The number of hydrogen-bond acceptors (Lipinski definition) is 3. The van der Waals surface area contributed by atoms with Gasteiger partial charge in [0.1, 0.15) is 0 Å². The standard InChI is InChI=1S/C17H23N5/c1-5-10-17(3,4)13(2)21-16(20-12-19)22-15-8-6-14(11-18)7-9-15/h6-9,13H,5,10H2,1-4H3,(H2,20,21,22). The molecule has 1 rings (SSSR count). The SMILES string of the molecule is CCCC(C)(C)C(C)N=C(NC#N)Nc1ccc(C#N)cc1. The van der Waals surface area contributed by atoms with Crippen molar-refractivity contribution in [1.82, 2.24) is 5.32 Å². The van der Waals surface area contributed by atoms with E-state index in [4.69, 9.17) is 10.5 Å². The molecule has 1 aromatic carbocycles. The number of nitriles is 2. The van der Waals surface area contributed by atoms with Crippen molar-refractivity contribution < 1.29 is 0 Å². The summed E-state index contributed by atoms with van der Waals surface area (Å²) in [7, 11) is 0. The number of anilines is 1. The number of aliphatic imine (C=N–C) groups is 1. The van der Waals surface area contributed by atoms with Crippen LogP contribution in [0.2, 0.25) is 0 Å². The Morgan fingerprint density at radius 2 is 1.91 bits per heavy atom. The molecule has 1 aromatic rings. The molecule has 1 atom stereocenters. The molecule has 0 saturated heterocycles. The summed E-state index contributed by atoms with van der Waals surface area (Å²) in [5.74, 6) is 0.420. The normalized spacial score (nSPS) is 12.9. The van der Waals surface area contributed by atoms with Crippen molar-refractivity contribution in [2.45, 2.75) is 46.6 Å². The lowest BCUT2D eigenvalue weighted by molar-refractivity contribution is 0.276. The van der Waals surface area contributed by atoms with E-state index in [1.165, 1.54) is 0 Å². The number of hydrogen-bond donors (Lipinski definition) is 2. The van der Waals surface area contributed by atoms with Gasteiger partial charge in [-0.15, -0.1) is 0 Å². The molecule has 116 valence electrons. The largest absolute Gasteiger partial charge is 0.326 e. The van der Waals surface area contributed by atoms with Gasteiger partial charge in [0, 0.05) is 5.69 Å². The van der Waals surface area contributed by atoms with Crippen LogP contribution in [0.1, 0.15) is 46.1 Å². The molecule has 0 radical (unpaired) electrons. The Bertz CT molecular complexity index is 587. The monoisotopic (exact) mass is 297 g/mol. The van der Waals surface area contributed by atoms with Crippen LogP contribution in [-0.4, -0.2) is 12.0 Å². The van der Waals surface area contributed by atoms with Gasteiger partial charge in [0.2, 0.25) is 5.96 Å². The van der Waals surface area contributed by atoms with Gasteiger partial charge in [-0.2, -0.15) is 10.5 Å². The summed E-state index contributed by atoms with van der Waals surface area (Å²) in [6, 6.07) is 9.15. The van der Waals surface area contributed by atoms with Gasteiger partial charge in [0.05, 0.1) is 17.7 Å². The first-order valence-corrected chi connectivity index (χ1v) is 7.43. The van der Waals surface area contributed by atoms with Crippen LogP contribution in [0.15, 0.2) is 29.3 Å². The Morgan fingerprint density at radius 1 is 1.27 bits per heavy atom. The van der Waals surface area contributed by atoms with E-state index in [1.54, 1.807) is 24.3 Å². The number of guanidine groups is 1. The summed E-state index contributed by atoms with van der Waals surface area (Å²) in [4.78, 5) is 4.60. The molecule has 0 amide bonds. The van der Waals surface area contributed by atoms with Crippen LogP contribution in [0.3, 0.4) is 0 Å². The molecule has 22 heavy (non-hydrogen) atoms. The molecule has 5 nitrogen and oxygen atoms in total. The first kappa shape index (κ1) is 17.5. The summed E-state index contributed by atoms with van der Waals surface area (Å²) >= 11 is 0. The van der Waals surface area contributed by atoms with Gasteiger partial charge in [-0.25, -0.2) is 4.99 Å². The van der Waals surface area contributed by atoms with Gasteiger partial charge < -0.3 is 5.32 Å². The molecule has 0 fully saturated rings. The van der Waals surface area contributed by atoms with E-state index in [0.29, 0.717) is 11.5 Å². The fourth-order valence-corrected chi connectivity index (χ4v) is 2.14. The van der Waals surface area contributed by atoms with Gasteiger partial charge in [-0.05, 0) is 43.0 Å². The van der Waals surface area contributed by atoms with E-state index < -0.39 is 0 Å². The predicted molar refractivity (Wildman–Crippen MR) is 89.1 cm³/mol. The van der Waals surface area contributed by atoms with Crippen molar-refractivity contribution in [1.29, 1.82) is 10.5 Å². The molecule has 1 unspecified atom stereocenters. The third-order valence-electron chi connectivity index (χ3n) is 3.80. The summed E-state index contributed by atoms with van der Waals surface area (Å²) in [5, 5.41) is 23.4. The summed E-state index contributed by atoms with van der Waals surface area (Å²) < 4.78 is 0. The maximum absolute atomic E-state index is 8.89. The van der Waals surface area contributed by atoms with Crippen LogP contribution < -0.4 is 10.6 Å². The van der Waals surface area contributed by atoms with Gasteiger partial charge in [-0.3, -0.25) is 5.32 Å². The van der Waals surface area contributed by atoms with Crippen molar-refractivity contribution >= 4 is 11.6 Å². The second kappa shape index (κ2) is 8.05. The van der Waals surface area contributed by atoms with Crippen molar-refractivity contribution in [3.63, 3.8) is 0 Å². The maximum Gasteiger partial charge on any atom is 0.209 e. The van der Waals surface area contributed by atoms with Crippen LogP contribution in [0.5, 0.6) is 0 Å². The zero-order valence-corrected chi connectivity index (χ0v) is 13.6. The minimum absolute atomic E-state index is 0.0590. The lowest BCUT2D eigenvalue weighted by Gasteiger charge is -2.29. The third-order valence-corrected chi connectivity index (χ3v) is 3.80. The smallest absolute Gasteiger partial charge is 0.209 e. The average Bonchev–Trinajstić information content (AvgIpc) is 2.48. The highest BCUT2D eigenvalue weighted by atomic mass is 15.2. The van der Waals surface area contributed by atoms with E-state index in [9.17, 15) is 0 Å². The molecule has 0 aliphatic rings. The van der Waals surface area contributed by atoms with Crippen molar-refractivity contribution in [2.75, 3.05) is 5.32 Å². The van der Waals surface area contributed by atoms with Crippen molar-refractivity contribution in [2.24, 2.45) is 10.4 Å². The summed E-state index contributed by atoms with van der Waals surface area (Å²) in [6.07, 6.45) is 4.06. The minimum atomic E-state index is 0.0590. The Morgan fingerprint density at radius 3 is 2.41 bits per heavy atom. The first-order valence-electron chi connectivity index (χ1n) is 7.43. The van der Waals surface area contributed by atoms with Gasteiger partial charge in [-0.1, -0.05) is 27.2 Å². The number of benzene rings is 1. The summed E-state index contributed by atoms with van der Waals surface area (Å²) in [6.45, 7) is 8.56. The Balaban J connectivity index is 2.90. The predicted octanol–water partition coefficient (Wildman–Crippen LogP) is 3.61. The Labute approximate surface area is 132 Å². The zero-order valence-electron chi connectivity index (χ0n) is 13.6. The first-order chi connectivity index (χ1) is 10.4. The molecule has 0 aromatic heterocycles. The van der Waals surface area contributed by atoms with Crippen LogP contribution in [0.25, 0.3) is 0 Å². The number of nitrogens with one attached hydrogen (secondary N) is 2. The molecule has 5 heteroatoms. The molecule has 0 spiro atoms. The number of rotatable bonds is 5. The minimum Gasteiger partial charge on any atom is -0.326 e. The quantitative estimate of drug-likeness (QED) is 0.376. The van der Waals surface area contributed by atoms with Crippen LogP contribution in [0, 0.1) is 28.2 Å². The maximum atomic E-state index is 8.89. The Hall–Kier alpha value is -2.53. The molecule has 0 bridgehead atoms. The van der Waals surface area contributed by atoms with Gasteiger partial charge in [0.15, 0.2) is 6.19 Å². The van der Waals surface area contributed by atoms with E-state index in [0.717, 1.165) is 18.5 Å². The van der Waals surface area contributed by atoms with E-state index in [-0.39, 0.29) is 11.5 Å². The summed E-state index contributed by atoms with van der Waals surface area (Å²) in [5.41, 5.74) is 1.43. The second-order valence-corrected chi connectivity index (χ2v) is 5.94. The average molecular weight is 297 g/mol. The highest BCUT2D eigenvalue weighted by molar-refractivity contribution is 5.94. The fraction of sp³-hybridized carbons (Fsp3) is 0.471. The molecule has 0 aliphatic carbocycles. The number of nitrogens with zero attached hydrogens (tertiary/aromatic N) is 3. The zero-order chi connectivity index (χ0) is 16.6. The molecule has 0 saturated carbocycles. The van der Waals surface area contributed by atoms with Crippen molar-refractivity contribution in [3.05, 3.63) is 29.8 Å². The van der Waals surface area contributed by atoms with Gasteiger partial charge in [0.25, 0.3) is 0 Å². The molecule has 2 N–H and O–H groups in total. The fourth-order valence-electron chi connectivity index (χ4n) is 2.14. The van der Waals surface area contributed by atoms with Crippen LogP contribution in [0.4, 0.5) is 5.69 Å². The van der Waals surface area contributed by atoms with E-state index in [1.807, 2.05) is 6.19 Å². The molecular formula is C17H23N5. The van der Waals surface area contributed by atoms with Crippen molar-refractivity contribution in [3.8, 4) is 12.3 Å². The second-order valence-electron chi connectivity index (χ2n) is 5.94. The van der Waals surface area contributed by atoms with Crippen LogP contribution in [-0.2, 0) is 0 Å². The lowest BCUT2D eigenvalue weighted by atomic mass is 9.81. The topological polar surface area (TPSA) is 84.0 Å². The lowest BCUT2D eigenvalue weighted by Crippen LogP contribution is -2.32.